The molecule has 80 valence electrons. The number of fused-ring (bicyclic) bond motifs is 1. The van der Waals surface area contributed by atoms with E-state index in [0.29, 0.717) is 5.82 Å². The third kappa shape index (κ3) is 1.26. The standard InChI is InChI=1S/C11H9BrN4/c12-8-2-5-16-9(6-8)14-10(15-16)11(7-13)3-1-4-11/h2,5-6H,1,3-4H2. The number of hydrogen-bond acceptors (Lipinski definition) is 3. The first-order valence-electron chi connectivity index (χ1n) is 5.17. The number of nitriles is 1. The van der Waals surface area contributed by atoms with Crippen LogP contribution in [-0.4, -0.2) is 14.6 Å². The zero-order valence-corrected chi connectivity index (χ0v) is 10.1. The molecule has 0 atom stereocenters. The van der Waals surface area contributed by atoms with Gasteiger partial charge < -0.3 is 0 Å². The molecule has 16 heavy (non-hydrogen) atoms. The maximum absolute atomic E-state index is 9.22. The van der Waals surface area contributed by atoms with E-state index in [-0.39, 0.29) is 0 Å². The molecule has 2 aromatic rings. The Hall–Kier alpha value is -1.41. The summed E-state index contributed by atoms with van der Waals surface area (Å²) in [6.45, 7) is 0. The first kappa shape index (κ1) is 9.79. The van der Waals surface area contributed by atoms with Gasteiger partial charge in [-0.1, -0.05) is 15.9 Å². The molecule has 0 spiro atoms. The van der Waals surface area contributed by atoms with E-state index in [0.717, 1.165) is 29.4 Å². The maximum atomic E-state index is 9.22. The predicted molar refractivity (Wildman–Crippen MR) is 61.8 cm³/mol. The van der Waals surface area contributed by atoms with Crippen LogP contribution in [0.4, 0.5) is 0 Å². The second-order valence-corrected chi connectivity index (χ2v) is 5.05. The highest BCUT2D eigenvalue weighted by Gasteiger charge is 2.42. The first-order valence-corrected chi connectivity index (χ1v) is 5.96. The van der Waals surface area contributed by atoms with Crippen molar-refractivity contribution in [1.29, 1.82) is 5.26 Å². The van der Waals surface area contributed by atoms with E-state index in [9.17, 15) is 5.26 Å². The molecule has 5 heteroatoms. The van der Waals surface area contributed by atoms with Crippen molar-refractivity contribution < 1.29 is 0 Å². The molecule has 1 aliphatic carbocycles. The zero-order chi connectivity index (χ0) is 11.2. The van der Waals surface area contributed by atoms with Crippen LogP contribution in [0.25, 0.3) is 5.65 Å². The summed E-state index contributed by atoms with van der Waals surface area (Å²) >= 11 is 3.39. The summed E-state index contributed by atoms with van der Waals surface area (Å²) in [4.78, 5) is 4.44. The van der Waals surface area contributed by atoms with Gasteiger partial charge in [-0.25, -0.2) is 9.50 Å². The van der Waals surface area contributed by atoms with E-state index in [4.69, 9.17) is 0 Å². The molecule has 1 aliphatic rings. The van der Waals surface area contributed by atoms with Crippen molar-refractivity contribution in [1.82, 2.24) is 14.6 Å². The molecule has 1 fully saturated rings. The van der Waals surface area contributed by atoms with Gasteiger partial charge in [0.05, 0.1) is 6.07 Å². The third-order valence-electron chi connectivity index (χ3n) is 3.15. The molecule has 1 saturated carbocycles. The van der Waals surface area contributed by atoms with Gasteiger partial charge in [0.25, 0.3) is 0 Å². The Labute approximate surface area is 101 Å². The molecule has 0 amide bonds. The van der Waals surface area contributed by atoms with Crippen LogP contribution in [0.2, 0.25) is 0 Å². The second-order valence-electron chi connectivity index (χ2n) is 4.13. The van der Waals surface area contributed by atoms with Gasteiger partial charge in [0.15, 0.2) is 11.5 Å². The summed E-state index contributed by atoms with van der Waals surface area (Å²) in [5.74, 6) is 0.666. The van der Waals surface area contributed by atoms with Crippen molar-refractivity contribution in [3.63, 3.8) is 0 Å². The molecule has 0 N–H and O–H groups in total. The van der Waals surface area contributed by atoms with E-state index in [1.165, 1.54) is 0 Å². The van der Waals surface area contributed by atoms with Crippen molar-refractivity contribution in [2.24, 2.45) is 0 Å². The molecular weight excluding hydrogens is 268 g/mol. The van der Waals surface area contributed by atoms with Crippen LogP contribution in [0.3, 0.4) is 0 Å². The lowest BCUT2D eigenvalue weighted by molar-refractivity contribution is 0.307. The van der Waals surface area contributed by atoms with Crippen molar-refractivity contribution >= 4 is 21.6 Å². The van der Waals surface area contributed by atoms with Gasteiger partial charge in [-0.15, -0.1) is 5.10 Å². The Balaban J connectivity index is 2.16. The number of halogens is 1. The molecule has 0 aliphatic heterocycles. The molecule has 0 bridgehead atoms. The van der Waals surface area contributed by atoms with Crippen molar-refractivity contribution in [3.8, 4) is 6.07 Å². The minimum absolute atomic E-state index is 0.432. The van der Waals surface area contributed by atoms with Crippen LogP contribution >= 0.6 is 15.9 Å². The Morgan fingerprint density at radius 1 is 1.50 bits per heavy atom. The summed E-state index contributed by atoms with van der Waals surface area (Å²) < 4.78 is 2.69. The lowest BCUT2D eigenvalue weighted by Crippen LogP contribution is -2.33. The lowest BCUT2D eigenvalue weighted by atomic mass is 9.69. The van der Waals surface area contributed by atoms with Gasteiger partial charge in [0.1, 0.15) is 5.41 Å². The van der Waals surface area contributed by atoms with Gasteiger partial charge in [0.2, 0.25) is 0 Å². The molecule has 0 unspecified atom stereocenters. The highest BCUT2D eigenvalue weighted by atomic mass is 79.9. The fourth-order valence-electron chi connectivity index (χ4n) is 1.98. The summed E-state index contributed by atoms with van der Waals surface area (Å²) in [5.41, 5.74) is 0.351. The smallest absolute Gasteiger partial charge is 0.171 e. The van der Waals surface area contributed by atoms with Crippen molar-refractivity contribution in [2.75, 3.05) is 0 Å². The summed E-state index contributed by atoms with van der Waals surface area (Å²) in [5, 5.41) is 13.6. The number of rotatable bonds is 1. The Kier molecular flexibility index (Phi) is 2.01. The largest absolute Gasteiger partial charge is 0.221 e. The molecule has 2 heterocycles. The molecule has 3 rings (SSSR count). The van der Waals surface area contributed by atoms with Gasteiger partial charge in [-0.3, -0.25) is 0 Å². The highest BCUT2D eigenvalue weighted by molar-refractivity contribution is 9.10. The van der Waals surface area contributed by atoms with Crippen LogP contribution in [0, 0.1) is 11.3 Å². The summed E-state index contributed by atoms with van der Waals surface area (Å²) in [6.07, 6.45) is 4.69. The van der Waals surface area contributed by atoms with E-state index in [1.54, 1.807) is 4.52 Å². The number of aromatic nitrogens is 3. The third-order valence-corrected chi connectivity index (χ3v) is 3.64. The molecule has 2 aromatic heterocycles. The quantitative estimate of drug-likeness (QED) is 0.804. The number of hydrogen-bond donors (Lipinski definition) is 0. The van der Waals surface area contributed by atoms with Gasteiger partial charge in [0, 0.05) is 10.7 Å². The molecule has 4 nitrogen and oxygen atoms in total. The topological polar surface area (TPSA) is 54.0 Å². The van der Waals surface area contributed by atoms with E-state index >= 15 is 0 Å². The van der Waals surface area contributed by atoms with Gasteiger partial charge >= 0.3 is 0 Å². The average Bonchev–Trinajstić information content (AvgIpc) is 2.60. The van der Waals surface area contributed by atoms with Crippen molar-refractivity contribution in [3.05, 3.63) is 28.6 Å². The minimum atomic E-state index is -0.432. The maximum Gasteiger partial charge on any atom is 0.171 e. The molecule has 0 saturated heterocycles. The predicted octanol–water partition coefficient (Wildman–Crippen LogP) is 2.44. The Bertz CT molecular complexity index is 592. The van der Waals surface area contributed by atoms with Crippen molar-refractivity contribution in [2.45, 2.75) is 24.7 Å². The summed E-state index contributed by atoms with van der Waals surface area (Å²) in [7, 11) is 0. The zero-order valence-electron chi connectivity index (χ0n) is 8.52. The second kappa shape index (κ2) is 3.29. The Morgan fingerprint density at radius 2 is 2.31 bits per heavy atom. The fraction of sp³-hybridized carbons (Fsp3) is 0.364. The van der Waals surface area contributed by atoms with Crippen LogP contribution < -0.4 is 0 Å². The Morgan fingerprint density at radius 3 is 2.94 bits per heavy atom. The fourth-order valence-corrected chi connectivity index (χ4v) is 2.30. The van der Waals surface area contributed by atoms with Crippen LogP contribution in [0.5, 0.6) is 0 Å². The highest BCUT2D eigenvalue weighted by Crippen LogP contribution is 2.41. The van der Waals surface area contributed by atoms with Gasteiger partial charge in [-0.05, 0) is 31.4 Å². The normalized spacial score (nSPS) is 18.0. The van der Waals surface area contributed by atoms with Gasteiger partial charge in [-0.2, -0.15) is 5.26 Å². The summed E-state index contributed by atoms with van der Waals surface area (Å²) in [6, 6.07) is 6.17. The van der Waals surface area contributed by atoms with E-state index < -0.39 is 5.41 Å². The first-order chi connectivity index (χ1) is 7.73. The van der Waals surface area contributed by atoms with E-state index in [2.05, 4.69) is 32.1 Å². The molecular formula is C11H9BrN4. The number of pyridine rings is 1. The van der Waals surface area contributed by atoms with Crippen LogP contribution in [0.15, 0.2) is 22.8 Å². The van der Waals surface area contributed by atoms with Crippen LogP contribution in [0.1, 0.15) is 25.1 Å². The average molecular weight is 277 g/mol. The van der Waals surface area contributed by atoms with Crippen LogP contribution in [-0.2, 0) is 5.41 Å². The molecule has 0 radical (unpaired) electrons. The SMILES string of the molecule is N#CC1(c2nc3cc(Br)ccn3n2)CCC1. The number of nitrogens with zero attached hydrogens (tertiary/aromatic N) is 4. The minimum Gasteiger partial charge on any atom is -0.221 e. The monoisotopic (exact) mass is 276 g/mol. The molecule has 0 aromatic carbocycles. The van der Waals surface area contributed by atoms with E-state index in [1.807, 2.05) is 18.3 Å². The lowest BCUT2D eigenvalue weighted by Gasteiger charge is -2.31.